The highest BCUT2D eigenvalue weighted by atomic mass is 79.9. The van der Waals surface area contributed by atoms with E-state index in [-0.39, 0.29) is 17.2 Å². The van der Waals surface area contributed by atoms with Gasteiger partial charge in [0.2, 0.25) is 0 Å². The first-order valence-corrected chi connectivity index (χ1v) is 7.61. The van der Waals surface area contributed by atoms with Crippen LogP contribution in [0.15, 0.2) is 49.8 Å². The van der Waals surface area contributed by atoms with E-state index in [0.717, 1.165) is 13.4 Å². The molecule has 0 saturated heterocycles. The van der Waals surface area contributed by atoms with Crippen LogP contribution in [0.3, 0.4) is 0 Å². The number of phenolic OH excluding ortho intramolecular Hbond substituents is 1. The Morgan fingerprint density at radius 1 is 1.11 bits per heavy atom. The molecule has 2 aromatic rings. The summed E-state index contributed by atoms with van der Waals surface area (Å²) in [6.07, 6.45) is 0. The first-order chi connectivity index (χ1) is 8.99. The molecule has 0 aliphatic rings. The lowest BCUT2D eigenvalue weighted by Crippen LogP contribution is -2.12. The Hall–Kier alpha value is -0.850. The van der Waals surface area contributed by atoms with E-state index in [9.17, 15) is 9.90 Å². The number of rotatable bonds is 2. The minimum Gasteiger partial charge on any atom is -0.507 e. The Kier molecular flexibility index (Phi) is 4.65. The summed E-state index contributed by atoms with van der Waals surface area (Å²) in [5.74, 6) is -0.440. The predicted molar refractivity (Wildman–Crippen MR) is 85.6 cm³/mol. The van der Waals surface area contributed by atoms with E-state index in [1.165, 1.54) is 6.07 Å². The molecule has 2 N–H and O–H groups in total. The number of amides is 1. The highest BCUT2D eigenvalue weighted by Crippen LogP contribution is 2.31. The van der Waals surface area contributed by atoms with Crippen LogP contribution in [-0.2, 0) is 0 Å². The Morgan fingerprint density at radius 2 is 1.84 bits per heavy atom. The number of nitrogens with one attached hydrogen (secondary N) is 1. The Bertz CT molecular complexity index is 644. The van der Waals surface area contributed by atoms with Gasteiger partial charge in [0.05, 0.1) is 15.7 Å². The normalized spacial score (nSPS) is 10.3. The lowest BCUT2D eigenvalue weighted by molar-refractivity contribution is 0.102. The second kappa shape index (κ2) is 6.07. The quantitative estimate of drug-likeness (QED) is 0.682. The maximum Gasteiger partial charge on any atom is 0.259 e. The molecule has 19 heavy (non-hydrogen) atoms. The van der Waals surface area contributed by atoms with Gasteiger partial charge in [-0.3, -0.25) is 4.79 Å². The molecule has 0 unspecified atom stereocenters. The molecule has 0 aliphatic heterocycles. The van der Waals surface area contributed by atoms with Gasteiger partial charge in [-0.15, -0.1) is 0 Å². The number of carbonyl (C=O) groups excluding carboxylic acids is 1. The van der Waals surface area contributed by atoms with E-state index in [4.69, 9.17) is 0 Å². The maximum atomic E-state index is 12.1. The fraction of sp³-hybridized carbons (Fsp3) is 0. The summed E-state index contributed by atoms with van der Waals surface area (Å²) in [5, 5.41) is 12.4. The molecule has 0 aliphatic carbocycles. The van der Waals surface area contributed by atoms with Crippen molar-refractivity contribution in [2.75, 3.05) is 5.32 Å². The SMILES string of the molecule is O=C(Nc1cccc(Br)c1Br)c1cc(Br)ccc1O. The highest BCUT2D eigenvalue weighted by molar-refractivity contribution is 9.13. The van der Waals surface area contributed by atoms with E-state index in [2.05, 4.69) is 53.1 Å². The fourth-order valence-corrected chi connectivity index (χ4v) is 2.57. The maximum absolute atomic E-state index is 12.1. The van der Waals surface area contributed by atoms with Crippen LogP contribution in [0.5, 0.6) is 5.75 Å². The van der Waals surface area contributed by atoms with Crippen LogP contribution in [0.25, 0.3) is 0 Å². The van der Waals surface area contributed by atoms with Gasteiger partial charge in [0.25, 0.3) is 5.91 Å². The lowest BCUT2D eigenvalue weighted by Gasteiger charge is -2.09. The van der Waals surface area contributed by atoms with Crippen molar-refractivity contribution in [1.29, 1.82) is 0 Å². The monoisotopic (exact) mass is 447 g/mol. The van der Waals surface area contributed by atoms with E-state index < -0.39 is 0 Å². The van der Waals surface area contributed by atoms with Crippen molar-refractivity contribution in [2.45, 2.75) is 0 Å². The van der Waals surface area contributed by atoms with E-state index in [0.29, 0.717) is 5.69 Å². The number of carbonyl (C=O) groups is 1. The van der Waals surface area contributed by atoms with Crippen molar-refractivity contribution in [3.63, 3.8) is 0 Å². The third-order valence-corrected chi connectivity index (χ3v) is 4.94. The topological polar surface area (TPSA) is 49.3 Å². The molecule has 0 fully saturated rings. The van der Waals surface area contributed by atoms with Crippen LogP contribution >= 0.6 is 47.8 Å². The van der Waals surface area contributed by atoms with Crippen LogP contribution in [-0.4, -0.2) is 11.0 Å². The standard InChI is InChI=1S/C13H8Br3NO2/c14-7-4-5-11(18)8(6-7)13(19)17-10-3-1-2-9(15)12(10)16/h1-6,18H,(H,17,19). The molecule has 0 atom stereocenters. The lowest BCUT2D eigenvalue weighted by atomic mass is 10.2. The minimum absolute atomic E-state index is 0.0631. The van der Waals surface area contributed by atoms with Gasteiger partial charge in [-0.05, 0) is 62.2 Å². The summed E-state index contributed by atoms with van der Waals surface area (Å²) in [6, 6.07) is 10.1. The third kappa shape index (κ3) is 3.38. The summed E-state index contributed by atoms with van der Waals surface area (Å²) in [6.45, 7) is 0. The molecule has 0 heterocycles. The Balaban J connectivity index is 2.31. The molecule has 6 heteroatoms. The van der Waals surface area contributed by atoms with Crippen LogP contribution in [0.4, 0.5) is 5.69 Å². The van der Waals surface area contributed by atoms with Crippen molar-refractivity contribution in [2.24, 2.45) is 0 Å². The van der Waals surface area contributed by atoms with Gasteiger partial charge in [0.15, 0.2) is 0 Å². The molecular weight excluding hydrogens is 442 g/mol. The fourth-order valence-electron chi connectivity index (χ4n) is 1.48. The number of aromatic hydroxyl groups is 1. The van der Waals surface area contributed by atoms with Crippen LogP contribution in [0.2, 0.25) is 0 Å². The first kappa shape index (κ1) is 14.6. The molecule has 0 aromatic heterocycles. The van der Waals surface area contributed by atoms with Gasteiger partial charge in [-0.25, -0.2) is 0 Å². The molecular formula is C13H8Br3NO2. The second-order valence-corrected chi connectivity index (χ2v) is 6.28. The molecule has 98 valence electrons. The predicted octanol–water partition coefficient (Wildman–Crippen LogP) is 4.93. The number of benzene rings is 2. The average molecular weight is 450 g/mol. The van der Waals surface area contributed by atoms with Crippen molar-refractivity contribution >= 4 is 59.4 Å². The number of phenols is 1. The Labute approximate surface area is 135 Å². The van der Waals surface area contributed by atoms with Crippen molar-refractivity contribution < 1.29 is 9.90 Å². The molecule has 1 amide bonds. The molecule has 3 nitrogen and oxygen atoms in total. The molecule has 2 aromatic carbocycles. The first-order valence-electron chi connectivity index (χ1n) is 5.23. The van der Waals surface area contributed by atoms with E-state index >= 15 is 0 Å². The van der Waals surface area contributed by atoms with Crippen molar-refractivity contribution in [1.82, 2.24) is 0 Å². The molecule has 0 bridgehead atoms. The van der Waals surface area contributed by atoms with Crippen LogP contribution in [0.1, 0.15) is 10.4 Å². The molecule has 0 spiro atoms. The third-order valence-electron chi connectivity index (χ3n) is 2.40. The van der Waals surface area contributed by atoms with E-state index in [1.54, 1.807) is 18.2 Å². The molecule has 0 saturated carbocycles. The van der Waals surface area contributed by atoms with Gasteiger partial charge in [-0.1, -0.05) is 22.0 Å². The number of hydrogen-bond donors (Lipinski definition) is 2. The van der Waals surface area contributed by atoms with Crippen molar-refractivity contribution in [3.05, 3.63) is 55.4 Å². The zero-order valence-electron chi connectivity index (χ0n) is 9.45. The zero-order valence-corrected chi connectivity index (χ0v) is 14.2. The Morgan fingerprint density at radius 3 is 2.58 bits per heavy atom. The van der Waals surface area contributed by atoms with Gasteiger partial charge in [-0.2, -0.15) is 0 Å². The molecule has 2 rings (SSSR count). The van der Waals surface area contributed by atoms with E-state index in [1.807, 2.05) is 12.1 Å². The zero-order chi connectivity index (χ0) is 14.0. The summed E-state index contributed by atoms with van der Waals surface area (Å²) in [5.41, 5.74) is 0.833. The second-order valence-electron chi connectivity index (χ2n) is 3.72. The van der Waals surface area contributed by atoms with Crippen LogP contribution < -0.4 is 5.32 Å². The highest BCUT2D eigenvalue weighted by Gasteiger charge is 2.13. The largest absolute Gasteiger partial charge is 0.507 e. The summed E-state index contributed by atoms with van der Waals surface area (Å²) >= 11 is 10.0. The number of halogens is 3. The molecule has 0 radical (unpaired) electrons. The van der Waals surface area contributed by atoms with Crippen LogP contribution in [0, 0.1) is 0 Å². The number of hydrogen-bond acceptors (Lipinski definition) is 2. The van der Waals surface area contributed by atoms with Gasteiger partial charge in [0.1, 0.15) is 5.75 Å². The average Bonchev–Trinajstić information content (AvgIpc) is 2.38. The van der Waals surface area contributed by atoms with Gasteiger partial charge in [0, 0.05) is 8.95 Å². The van der Waals surface area contributed by atoms with Gasteiger partial charge < -0.3 is 10.4 Å². The van der Waals surface area contributed by atoms with Gasteiger partial charge >= 0.3 is 0 Å². The van der Waals surface area contributed by atoms with Crippen molar-refractivity contribution in [3.8, 4) is 5.75 Å². The summed E-state index contributed by atoms with van der Waals surface area (Å²) in [4.78, 5) is 12.1. The number of anilines is 1. The summed E-state index contributed by atoms with van der Waals surface area (Å²) in [7, 11) is 0. The minimum atomic E-state index is -0.377. The smallest absolute Gasteiger partial charge is 0.259 e. The summed E-state index contributed by atoms with van der Waals surface area (Å²) < 4.78 is 2.31.